The van der Waals surface area contributed by atoms with Gasteiger partial charge in [0, 0.05) is 24.5 Å². The molecule has 3 rings (SSSR count). The first-order valence-corrected chi connectivity index (χ1v) is 11.7. The quantitative estimate of drug-likeness (QED) is 0.522. The molecule has 0 spiro atoms. The number of likely N-dealkylation sites (tertiary alicyclic amines) is 1. The molecule has 0 radical (unpaired) electrons. The molecule has 1 aliphatic rings. The molecule has 0 saturated carbocycles. The van der Waals surface area contributed by atoms with Crippen molar-refractivity contribution in [3.63, 3.8) is 0 Å². The lowest BCUT2D eigenvalue weighted by Crippen LogP contribution is -2.58. The summed E-state index contributed by atoms with van der Waals surface area (Å²) in [5, 5.41) is 5.90. The summed E-state index contributed by atoms with van der Waals surface area (Å²) in [6.07, 6.45) is 0.824. The number of carbonyl (C=O) groups is 2. The lowest BCUT2D eigenvalue weighted by Gasteiger charge is -2.38. The monoisotopic (exact) mass is 486 g/mol. The third-order valence-electron chi connectivity index (χ3n) is 6.41. The molecular weight excluding hydrogens is 448 g/mol. The molecule has 0 atom stereocenters. The highest BCUT2D eigenvalue weighted by Crippen LogP contribution is 2.27. The van der Waals surface area contributed by atoms with Gasteiger partial charge in [0.2, 0.25) is 5.91 Å². The molecule has 4 N–H and O–H groups in total. The van der Waals surface area contributed by atoms with Gasteiger partial charge in [0.15, 0.2) is 0 Å². The molecule has 6 nitrogen and oxygen atoms in total. The van der Waals surface area contributed by atoms with E-state index in [1.165, 1.54) is 11.1 Å². The summed E-state index contributed by atoms with van der Waals surface area (Å²) in [6, 6.07) is 15.6. The number of carbonyl (C=O) groups excluding carboxylic acids is 2. The molecule has 0 aromatic heterocycles. The van der Waals surface area contributed by atoms with Crippen molar-refractivity contribution >= 4 is 35.7 Å². The molecule has 3 amide bonds. The number of anilines is 2. The Hall–Kier alpha value is -2.57. The Morgan fingerprint density at radius 1 is 0.765 bits per heavy atom. The van der Waals surface area contributed by atoms with Crippen LogP contribution in [0.2, 0.25) is 0 Å². The fourth-order valence-electron chi connectivity index (χ4n) is 3.90. The van der Waals surface area contributed by atoms with Gasteiger partial charge < -0.3 is 21.3 Å². The molecular formula is C27H39ClN4O2. The summed E-state index contributed by atoms with van der Waals surface area (Å²) >= 11 is 0. The van der Waals surface area contributed by atoms with Crippen molar-refractivity contribution in [1.82, 2.24) is 4.90 Å². The third-order valence-corrected chi connectivity index (χ3v) is 6.41. The van der Waals surface area contributed by atoms with Crippen LogP contribution in [0, 0.1) is 0 Å². The van der Waals surface area contributed by atoms with Crippen molar-refractivity contribution in [2.75, 3.05) is 23.7 Å². The minimum absolute atomic E-state index is 0. The first-order valence-electron chi connectivity index (χ1n) is 11.7. The first kappa shape index (κ1) is 27.7. The second-order valence-corrected chi connectivity index (χ2v) is 11.2. The van der Waals surface area contributed by atoms with Crippen LogP contribution in [0.15, 0.2) is 48.5 Å². The molecule has 1 fully saturated rings. The summed E-state index contributed by atoms with van der Waals surface area (Å²) in [5.41, 5.74) is 9.49. The lowest BCUT2D eigenvalue weighted by atomic mass is 9.86. The molecule has 0 bridgehead atoms. The molecule has 2 aromatic carbocycles. The summed E-state index contributed by atoms with van der Waals surface area (Å²) in [5.74, 6) is -0.205. The number of rotatable bonds is 3. The van der Waals surface area contributed by atoms with E-state index in [0.29, 0.717) is 25.9 Å². The van der Waals surface area contributed by atoms with Crippen LogP contribution >= 0.6 is 12.4 Å². The molecule has 186 valence electrons. The van der Waals surface area contributed by atoms with Crippen LogP contribution in [-0.2, 0) is 15.6 Å². The van der Waals surface area contributed by atoms with E-state index in [9.17, 15) is 9.59 Å². The van der Waals surface area contributed by atoms with E-state index < -0.39 is 5.54 Å². The minimum Gasteiger partial charge on any atom is -0.324 e. The Morgan fingerprint density at radius 3 is 1.53 bits per heavy atom. The number of benzene rings is 2. The van der Waals surface area contributed by atoms with Gasteiger partial charge in [-0.15, -0.1) is 12.4 Å². The molecule has 34 heavy (non-hydrogen) atoms. The fraction of sp³-hybridized carbons (Fsp3) is 0.481. The number of piperidine rings is 1. The predicted octanol–water partition coefficient (Wildman–Crippen LogP) is 5.67. The number of nitrogens with zero attached hydrogens (tertiary/aromatic N) is 1. The zero-order valence-corrected chi connectivity index (χ0v) is 22.0. The zero-order valence-electron chi connectivity index (χ0n) is 21.2. The van der Waals surface area contributed by atoms with Crippen LogP contribution in [0.5, 0.6) is 0 Å². The third kappa shape index (κ3) is 6.73. The van der Waals surface area contributed by atoms with Crippen molar-refractivity contribution in [2.45, 2.75) is 70.8 Å². The Morgan fingerprint density at radius 2 is 1.15 bits per heavy atom. The van der Waals surface area contributed by atoms with E-state index in [-0.39, 0.29) is 35.2 Å². The molecule has 1 saturated heterocycles. The van der Waals surface area contributed by atoms with Gasteiger partial charge in [-0.1, -0.05) is 65.8 Å². The van der Waals surface area contributed by atoms with Crippen molar-refractivity contribution in [1.29, 1.82) is 0 Å². The Balaban J connectivity index is 0.00000408. The van der Waals surface area contributed by atoms with Gasteiger partial charge in [0.25, 0.3) is 0 Å². The fourth-order valence-corrected chi connectivity index (χ4v) is 3.90. The Kier molecular flexibility index (Phi) is 8.43. The number of nitrogens with one attached hydrogen (secondary N) is 2. The topological polar surface area (TPSA) is 87.5 Å². The van der Waals surface area contributed by atoms with E-state index in [2.05, 4.69) is 52.2 Å². The minimum atomic E-state index is -0.992. The zero-order chi connectivity index (χ0) is 24.4. The lowest BCUT2D eigenvalue weighted by molar-refractivity contribution is -0.122. The largest absolute Gasteiger partial charge is 0.324 e. The summed E-state index contributed by atoms with van der Waals surface area (Å²) in [7, 11) is 0. The Labute approximate surface area is 210 Å². The van der Waals surface area contributed by atoms with Gasteiger partial charge in [-0.2, -0.15) is 0 Å². The average Bonchev–Trinajstić information content (AvgIpc) is 2.73. The van der Waals surface area contributed by atoms with Gasteiger partial charge in [0.05, 0.1) is 5.54 Å². The van der Waals surface area contributed by atoms with Crippen LogP contribution in [0.1, 0.15) is 65.5 Å². The SMILES string of the molecule is CC(C)(C)c1ccc(NC(=O)N2CCC(N)(C(=O)Nc3ccc(C(C)(C)C)cc3)CC2)cc1.Cl. The molecule has 2 aromatic rings. The second kappa shape index (κ2) is 10.4. The highest BCUT2D eigenvalue weighted by molar-refractivity contribution is 5.98. The smallest absolute Gasteiger partial charge is 0.321 e. The van der Waals surface area contributed by atoms with Gasteiger partial charge >= 0.3 is 6.03 Å². The van der Waals surface area contributed by atoms with Crippen LogP contribution in [0.4, 0.5) is 16.2 Å². The normalized spacial score (nSPS) is 15.8. The van der Waals surface area contributed by atoms with Crippen molar-refractivity contribution < 1.29 is 9.59 Å². The van der Waals surface area contributed by atoms with Crippen LogP contribution in [-0.4, -0.2) is 35.5 Å². The number of halogens is 1. The highest BCUT2D eigenvalue weighted by Gasteiger charge is 2.39. The van der Waals surface area contributed by atoms with E-state index in [4.69, 9.17) is 5.73 Å². The maximum atomic E-state index is 12.9. The first-order chi connectivity index (χ1) is 15.3. The van der Waals surface area contributed by atoms with Gasteiger partial charge in [0.1, 0.15) is 0 Å². The number of amides is 3. The highest BCUT2D eigenvalue weighted by atomic mass is 35.5. The van der Waals surface area contributed by atoms with Crippen molar-refractivity contribution in [3.05, 3.63) is 59.7 Å². The summed E-state index contributed by atoms with van der Waals surface area (Å²) < 4.78 is 0. The number of urea groups is 1. The molecule has 1 heterocycles. The van der Waals surface area contributed by atoms with Crippen molar-refractivity contribution in [2.24, 2.45) is 5.73 Å². The molecule has 7 heteroatoms. The van der Waals surface area contributed by atoms with E-state index >= 15 is 0 Å². The molecule has 0 unspecified atom stereocenters. The number of nitrogens with two attached hydrogens (primary N) is 1. The van der Waals surface area contributed by atoms with Crippen LogP contribution in [0.3, 0.4) is 0 Å². The van der Waals surface area contributed by atoms with E-state index in [0.717, 1.165) is 11.4 Å². The van der Waals surface area contributed by atoms with Gasteiger partial charge in [-0.25, -0.2) is 4.79 Å². The van der Waals surface area contributed by atoms with Crippen LogP contribution < -0.4 is 16.4 Å². The maximum Gasteiger partial charge on any atom is 0.321 e. The van der Waals surface area contributed by atoms with E-state index in [1.54, 1.807) is 4.90 Å². The summed E-state index contributed by atoms with van der Waals surface area (Å²) in [6.45, 7) is 13.8. The Bertz CT molecular complexity index is 981. The molecule has 0 aliphatic carbocycles. The van der Waals surface area contributed by atoms with Crippen LogP contribution in [0.25, 0.3) is 0 Å². The second-order valence-electron chi connectivity index (χ2n) is 11.2. The predicted molar refractivity (Wildman–Crippen MR) is 143 cm³/mol. The number of hydrogen-bond donors (Lipinski definition) is 3. The standard InChI is InChI=1S/C27H38N4O2.ClH/c1-25(2,3)19-7-11-21(12-8-19)29-23(32)27(28)15-17-31(18-16-27)24(33)30-22-13-9-20(10-14-22)26(4,5)6;/h7-14H,15-18,28H2,1-6H3,(H,29,32)(H,30,33);1H. The van der Waals surface area contributed by atoms with Gasteiger partial charge in [-0.3, -0.25) is 4.79 Å². The average molecular weight is 487 g/mol. The number of hydrogen-bond acceptors (Lipinski definition) is 3. The van der Waals surface area contributed by atoms with E-state index in [1.807, 2.05) is 48.5 Å². The van der Waals surface area contributed by atoms with Crippen molar-refractivity contribution in [3.8, 4) is 0 Å². The molecule has 1 aliphatic heterocycles. The summed E-state index contributed by atoms with van der Waals surface area (Å²) in [4.78, 5) is 27.3. The van der Waals surface area contributed by atoms with Gasteiger partial charge in [-0.05, 0) is 59.1 Å². The maximum absolute atomic E-state index is 12.9.